The number of nitrogens with zero attached hydrogens (tertiary/aromatic N) is 2. The molecule has 0 spiro atoms. The SMILES string of the molecule is COc1ccc(C23C(=O)N(Nc4ccc(Cl)cc4Cl)C(=O)C2CC2C(=CCC4C(=O)N(C)C(=O)C42)C3c2ccc(O)c(OC)c2)cc1. The van der Waals surface area contributed by atoms with Crippen LogP contribution in [-0.4, -0.2) is 59.9 Å². The van der Waals surface area contributed by atoms with Crippen LogP contribution in [0.15, 0.2) is 72.3 Å². The third-order valence-electron chi connectivity index (χ3n) is 10.3. The average Bonchev–Trinajstić information content (AvgIpc) is 3.42. The first-order valence-electron chi connectivity index (χ1n) is 15.2. The van der Waals surface area contributed by atoms with Crippen molar-refractivity contribution in [1.82, 2.24) is 9.91 Å². The molecule has 10 nitrogen and oxygen atoms in total. The van der Waals surface area contributed by atoms with Gasteiger partial charge in [0.05, 0.1) is 48.1 Å². The van der Waals surface area contributed by atoms with Gasteiger partial charge in [-0.2, -0.15) is 5.01 Å². The number of carbonyl (C=O) groups excluding carboxylic acids is 4. The molecule has 0 radical (unpaired) electrons. The van der Waals surface area contributed by atoms with Crippen LogP contribution in [0.25, 0.3) is 0 Å². The average molecular weight is 677 g/mol. The first kappa shape index (κ1) is 31.1. The van der Waals surface area contributed by atoms with Crippen molar-refractivity contribution in [2.75, 3.05) is 26.7 Å². The van der Waals surface area contributed by atoms with Crippen LogP contribution in [0.3, 0.4) is 0 Å². The second-order valence-electron chi connectivity index (χ2n) is 12.4. The number of anilines is 1. The molecule has 2 aliphatic carbocycles. The topological polar surface area (TPSA) is 125 Å². The minimum atomic E-state index is -1.51. The van der Waals surface area contributed by atoms with Crippen molar-refractivity contribution in [3.8, 4) is 17.2 Å². The molecule has 2 N–H and O–H groups in total. The lowest BCUT2D eigenvalue weighted by Crippen LogP contribution is -2.53. The van der Waals surface area contributed by atoms with E-state index in [0.717, 1.165) is 10.6 Å². The van der Waals surface area contributed by atoms with Crippen molar-refractivity contribution in [3.05, 3.63) is 93.5 Å². The number of benzene rings is 3. The number of rotatable bonds is 6. The van der Waals surface area contributed by atoms with Crippen molar-refractivity contribution in [1.29, 1.82) is 0 Å². The van der Waals surface area contributed by atoms with Crippen molar-refractivity contribution in [2.45, 2.75) is 24.2 Å². The highest BCUT2D eigenvalue weighted by molar-refractivity contribution is 6.36. The molecule has 3 aromatic rings. The molecule has 0 bridgehead atoms. The largest absolute Gasteiger partial charge is 0.504 e. The fraction of sp³-hybridized carbons (Fsp3) is 0.314. The van der Waals surface area contributed by atoms with E-state index >= 15 is 4.79 Å². The zero-order valence-corrected chi connectivity index (χ0v) is 27.2. The van der Waals surface area contributed by atoms with Gasteiger partial charge in [-0.3, -0.25) is 29.5 Å². The van der Waals surface area contributed by atoms with Crippen molar-refractivity contribution < 1.29 is 33.8 Å². The molecular weight excluding hydrogens is 645 g/mol. The highest BCUT2D eigenvalue weighted by Crippen LogP contribution is 2.64. The number of phenolic OH excluding ortho intramolecular Hbond substituents is 1. The predicted octanol–water partition coefficient (Wildman–Crippen LogP) is 5.33. The fourth-order valence-corrected chi connectivity index (χ4v) is 8.70. The van der Waals surface area contributed by atoms with Gasteiger partial charge in [0.15, 0.2) is 11.5 Å². The van der Waals surface area contributed by atoms with Crippen LogP contribution in [0.2, 0.25) is 10.0 Å². The zero-order chi connectivity index (χ0) is 33.4. The highest BCUT2D eigenvalue weighted by atomic mass is 35.5. The summed E-state index contributed by atoms with van der Waals surface area (Å²) in [5.41, 5.74) is 3.72. The molecule has 1 saturated carbocycles. The second-order valence-corrected chi connectivity index (χ2v) is 13.2. The molecule has 2 heterocycles. The molecule has 47 heavy (non-hydrogen) atoms. The Bertz CT molecular complexity index is 1880. The molecule has 3 fully saturated rings. The fourth-order valence-electron chi connectivity index (χ4n) is 8.25. The van der Waals surface area contributed by atoms with E-state index < -0.39 is 46.8 Å². The maximum Gasteiger partial charge on any atom is 0.260 e. The lowest BCUT2D eigenvalue weighted by atomic mass is 9.49. The summed E-state index contributed by atoms with van der Waals surface area (Å²) in [5.74, 6) is -4.40. The number of ether oxygens (including phenoxy) is 2. The monoisotopic (exact) mass is 675 g/mol. The Morgan fingerprint density at radius 1 is 0.894 bits per heavy atom. The number of methoxy groups -OCH3 is 2. The molecule has 4 amide bonds. The Morgan fingerprint density at radius 3 is 2.32 bits per heavy atom. The Kier molecular flexibility index (Phi) is 7.48. The first-order valence-corrected chi connectivity index (χ1v) is 15.9. The van der Waals surface area contributed by atoms with Crippen LogP contribution in [0.4, 0.5) is 5.69 Å². The van der Waals surface area contributed by atoms with Gasteiger partial charge in [0.2, 0.25) is 11.8 Å². The van der Waals surface area contributed by atoms with Crippen LogP contribution in [0.1, 0.15) is 29.9 Å². The van der Waals surface area contributed by atoms with Gasteiger partial charge in [-0.25, -0.2) is 0 Å². The molecule has 4 aliphatic rings. The molecule has 2 saturated heterocycles. The number of imide groups is 2. The van der Waals surface area contributed by atoms with E-state index in [-0.39, 0.29) is 34.8 Å². The smallest absolute Gasteiger partial charge is 0.260 e. The third kappa shape index (κ3) is 4.45. The van der Waals surface area contributed by atoms with Gasteiger partial charge in [0, 0.05) is 18.0 Å². The summed E-state index contributed by atoms with van der Waals surface area (Å²) >= 11 is 12.6. The summed E-state index contributed by atoms with van der Waals surface area (Å²) in [6, 6.07) is 16.6. The summed E-state index contributed by atoms with van der Waals surface area (Å²) in [5, 5.41) is 12.2. The second kappa shape index (κ2) is 11.3. The first-order chi connectivity index (χ1) is 22.5. The summed E-state index contributed by atoms with van der Waals surface area (Å²) in [6.07, 6.45) is 2.42. The number of allylic oxidation sites excluding steroid dienone is 2. The molecule has 242 valence electrons. The lowest BCUT2D eigenvalue weighted by Gasteiger charge is -2.50. The number of halogens is 2. The maximum absolute atomic E-state index is 15.2. The lowest BCUT2D eigenvalue weighted by molar-refractivity contribution is -0.140. The maximum atomic E-state index is 15.2. The number of phenols is 1. The van der Waals surface area contributed by atoms with E-state index in [4.69, 9.17) is 32.7 Å². The molecule has 2 aliphatic heterocycles. The Morgan fingerprint density at radius 2 is 1.64 bits per heavy atom. The number of likely N-dealkylation sites (tertiary alicyclic amines) is 1. The van der Waals surface area contributed by atoms with Gasteiger partial charge >= 0.3 is 0 Å². The molecule has 6 atom stereocenters. The molecule has 0 aromatic heterocycles. The normalized spacial score (nSPS) is 28.1. The van der Waals surface area contributed by atoms with E-state index in [9.17, 15) is 19.5 Å². The van der Waals surface area contributed by atoms with E-state index in [1.54, 1.807) is 55.6 Å². The molecular formula is C35H31Cl2N3O7. The minimum absolute atomic E-state index is 0.0935. The number of aromatic hydroxyl groups is 1. The van der Waals surface area contributed by atoms with Crippen LogP contribution in [-0.2, 0) is 24.6 Å². The van der Waals surface area contributed by atoms with Crippen molar-refractivity contribution in [3.63, 3.8) is 0 Å². The standard InChI is InChI=1S/C35H31Cl2N3O7/c1-39-31(42)22-11-10-21-23(29(22)33(39)44)16-24-32(43)40(38-26-12-7-19(36)15-25(26)37)34(45)35(24,18-5-8-20(46-2)9-6-18)30(21)17-4-13-27(41)28(14-17)47-3/h4-10,12-15,22-24,29-30,38,41H,11,16H2,1-3H3. The van der Waals surface area contributed by atoms with E-state index in [1.807, 2.05) is 6.08 Å². The molecule has 7 rings (SSSR count). The zero-order valence-electron chi connectivity index (χ0n) is 25.7. The summed E-state index contributed by atoms with van der Waals surface area (Å²) in [7, 11) is 4.46. The highest BCUT2D eigenvalue weighted by Gasteiger charge is 2.70. The van der Waals surface area contributed by atoms with Crippen LogP contribution in [0, 0.1) is 23.7 Å². The van der Waals surface area contributed by atoms with Gasteiger partial charge in [0.25, 0.3) is 11.8 Å². The Hall–Kier alpha value is -4.54. The number of amides is 4. The van der Waals surface area contributed by atoms with Crippen LogP contribution in [0.5, 0.6) is 17.2 Å². The van der Waals surface area contributed by atoms with Gasteiger partial charge in [0.1, 0.15) is 5.75 Å². The Labute approximate surface area is 280 Å². The molecule has 12 heteroatoms. The van der Waals surface area contributed by atoms with Gasteiger partial charge in [-0.15, -0.1) is 0 Å². The van der Waals surface area contributed by atoms with Crippen molar-refractivity contribution in [2.24, 2.45) is 23.7 Å². The van der Waals surface area contributed by atoms with Gasteiger partial charge < -0.3 is 14.6 Å². The number of fused-ring (bicyclic) bond motifs is 4. The summed E-state index contributed by atoms with van der Waals surface area (Å²) in [6.45, 7) is 0. The molecule has 3 aromatic carbocycles. The van der Waals surface area contributed by atoms with Crippen molar-refractivity contribution >= 4 is 52.5 Å². The predicted molar refractivity (Wildman–Crippen MR) is 173 cm³/mol. The number of carbonyl (C=O) groups is 4. The minimum Gasteiger partial charge on any atom is -0.504 e. The van der Waals surface area contributed by atoms with E-state index in [1.165, 1.54) is 31.2 Å². The third-order valence-corrected chi connectivity index (χ3v) is 10.9. The van der Waals surface area contributed by atoms with Gasteiger partial charge in [-0.05, 0) is 72.4 Å². The van der Waals surface area contributed by atoms with E-state index in [0.29, 0.717) is 34.0 Å². The van der Waals surface area contributed by atoms with Crippen LogP contribution < -0.4 is 14.9 Å². The number of hydrogen-bond donors (Lipinski definition) is 2. The molecule has 6 unspecified atom stereocenters. The number of hydrogen-bond acceptors (Lipinski definition) is 8. The number of nitrogens with one attached hydrogen (secondary N) is 1. The summed E-state index contributed by atoms with van der Waals surface area (Å²) in [4.78, 5) is 57.8. The number of hydrazine groups is 1. The summed E-state index contributed by atoms with van der Waals surface area (Å²) < 4.78 is 10.9. The van der Waals surface area contributed by atoms with Gasteiger partial charge in [-0.1, -0.05) is 53.1 Å². The quantitative estimate of drug-likeness (QED) is 0.265. The van der Waals surface area contributed by atoms with E-state index in [2.05, 4.69) is 5.43 Å². The Balaban J connectivity index is 1.48. The van der Waals surface area contributed by atoms with Crippen LogP contribution >= 0.6 is 23.2 Å².